The fourth-order valence-electron chi connectivity index (χ4n) is 3.63. The zero-order valence-electron chi connectivity index (χ0n) is 9.58. The van der Waals surface area contributed by atoms with E-state index in [0.717, 1.165) is 18.7 Å². The van der Waals surface area contributed by atoms with Gasteiger partial charge in [0.2, 0.25) is 0 Å². The van der Waals surface area contributed by atoms with Crippen LogP contribution in [0.4, 0.5) is 0 Å². The minimum atomic E-state index is 0.429. The van der Waals surface area contributed by atoms with Gasteiger partial charge in [0.05, 0.1) is 0 Å². The zero-order valence-corrected chi connectivity index (χ0v) is 9.58. The summed E-state index contributed by atoms with van der Waals surface area (Å²) in [7, 11) is 0. The number of phenols is 1. The van der Waals surface area contributed by atoms with Crippen molar-refractivity contribution in [2.24, 2.45) is 5.41 Å². The molecule has 2 heteroatoms. The maximum Gasteiger partial charge on any atom is 0.119 e. The van der Waals surface area contributed by atoms with Crippen molar-refractivity contribution in [1.29, 1.82) is 0 Å². The molecular formula is C14H19NO. The summed E-state index contributed by atoms with van der Waals surface area (Å²) in [5.41, 5.74) is 1.58. The van der Waals surface area contributed by atoms with Crippen molar-refractivity contribution in [2.45, 2.75) is 31.6 Å². The first-order valence-corrected chi connectivity index (χ1v) is 6.30. The summed E-state index contributed by atoms with van der Waals surface area (Å²) in [6.45, 7) is 2.16. The number of rotatable bonds is 1. The van der Waals surface area contributed by atoms with Crippen LogP contribution in [0.3, 0.4) is 0 Å². The van der Waals surface area contributed by atoms with Crippen LogP contribution in [-0.4, -0.2) is 18.2 Å². The van der Waals surface area contributed by atoms with Gasteiger partial charge in [-0.3, -0.25) is 0 Å². The molecule has 1 aromatic rings. The molecule has 1 aliphatic carbocycles. The van der Waals surface area contributed by atoms with Crippen LogP contribution >= 0.6 is 0 Å². The molecule has 16 heavy (non-hydrogen) atoms. The quantitative estimate of drug-likeness (QED) is 0.758. The lowest BCUT2D eigenvalue weighted by molar-refractivity contribution is 0.289. The number of benzene rings is 1. The van der Waals surface area contributed by atoms with Crippen LogP contribution in [0.15, 0.2) is 24.3 Å². The maximum atomic E-state index is 9.99. The molecule has 2 fully saturated rings. The van der Waals surface area contributed by atoms with Gasteiger partial charge in [0, 0.05) is 19.0 Å². The lowest BCUT2D eigenvalue weighted by Crippen LogP contribution is -2.25. The van der Waals surface area contributed by atoms with Crippen LogP contribution < -0.4 is 5.32 Å². The molecule has 3 rings (SSSR count). The van der Waals surface area contributed by atoms with Crippen LogP contribution in [0.5, 0.6) is 5.75 Å². The van der Waals surface area contributed by atoms with Crippen LogP contribution in [0, 0.1) is 5.41 Å². The Bertz CT molecular complexity index is 377. The first-order chi connectivity index (χ1) is 7.82. The van der Waals surface area contributed by atoms with E-state index in [2.05, 4.69) is 11.4 Å². The largest absolute Gasteiger partial charge is 0.508 e. The number of hydrogen-bond donors (Lipinski definition) is 2. The highest BCUT2D eigenvalue weighted by atomic mass is 16.3. The third kappa shape index (κ3) is 1.44. The van der Waals surface area contributed by atoms with Crippen molar-refractivity contribution < 1.29 is 5.11 Å². The van der Waals surface area contributed by atoms with E-state index in [1.807, 2.05) is 18.2 Å². The number of aromatic hydroxyl groups is 1. The molecule has 1 heterocycles. The molecule has 1 aliphatic heterocycles. The molecule has 0 bridgehead atoms. The third-order valence-corrected chi connectivity index (χ3v) is 4.48. The fraction of sp³-hybridized carbons (Fsp3) is 0.571. The predicted octanol–water partition coefficient (Wildman–Crippen LogP) is 2.64. The van der Waals surface area contributed by atoms with Crippen molar-refractivity contribution >= 4 is 0 Å². The van der Waals surface area contributed by atoms with Crippen molar-refractivity contribution in [3.63, 3.8) is 0 Å². The normalized spacial score (nSPS) is 27.6. The minimum absolute atomic E-state index is 0.429. The Morgan fingerprint density at radius 3 is 2.69 bits per heavy atom. The highest BCUT2D eigenvalue weighted by Crippen LogP contribution is 2.52. The molecule has 1 saturated heterocycles. The molecule has 1 aromatic carbocycles. The Kier molecular flexibility index (Phi) is 2.40. The Morgan fingerprint density at radius 1 is 1.19 bits per heavy atom. The van der Waals surface area contributed by atoms with Gasteiger partial charge >= 0.3 is 0 Å². The highest BCUT2D eigenvalue weighted by Gasteiger charge is 2.45. The van der Waals surface area contributed by atoms with E-state index in [4.69, 9.17) is 0 Å². The number of para-hydroxylation sites is 1. The SMILES string of the molecule is Oc1ccccc1C1CNCC12CCCC2. The van der Waals surface area contributed by atoms with Gasteiger partial charge in [-0.15, -0.1) is 0 Å². The van der Waals surface area contributed by atoms with Crippen molar-refractivity contribution in [1.82, 2.24) is 5.32 Å². The van der Waals surface area contributed by atoms with Gasteiger partial charge in [-0.1, -0.05) is 31.0 Å². The van der Waals surface area contributed by atoms with Gasteiger partial charge in [-0.2, -0.15) is 0 Å². The van der Waals surface area contributed by atoms with Gasteiger partial charge in [0.25, 0.3) is 0 Å². The second-order valence-electron chi connectivity index (χ2n) is 5.31. The van der Waals surface area contributed by atoms with Crippen LogP contribution in [0.2, 0.25) is 0 Å². The molecule has 0 aromatic heterocycles. The molecule has 86 valence electrons. The summed E-state index contributed by atoms with van der Waals surface area (Å²) in [6.07, 6.45) is 5.34. The van der Waals surface area contributed by atoms with E-state index in [1.165, 1.54) is 25.7 Å². The van der Waals surface area contributed by atoms with E-state index in [-0.39, 0.29) is 0 Å². The predicted molar refractivity (Wildman–Crippen MR) is 64.6 cm³/mol. The maximum absolute atomic E-state index is 9.99. The molecule has 1 spiro atoms. The van der Waals surface area contributed by atoms with E-state index >= 15 is 0 Å². The summed E-state index contributed by atoms with van der Waals surface area (Å²) in [6, 6.07) is 7.85. The molecule has 0 amide bonds. The molecule has 1 unspecified atom stereocenters. The zero-order chi connectivity index (χ0) is 11.0. The Morgan fingerprint density at radius 2 is 1.94 bits per heavy atom. The topological polar surface area (TPSA) is 32.3 Å². The Labute approximate surface area is 96.7 Å². The lowest BCUT2D eigenvalue weighted by atomic mass is 9.73. The molecular weight excluding hydrogens is 198 g/mol. The molecule has 1 saturated carbocycles. The monoisotopic (exact) mass is 217 g/mol. The average molecular weight is 217 g/mol. The minimum Gasteiger partial charge on any atom is -0.508 e. The van der Waals surface area contributed by atoms with Gasteiger partial charge in [0.1, 0.15) is 5.75 Å². The Balaban J connectivity index is 1.97. The number of phenolic OH excluding ortho intramolecular Hbond substituents is 1. The molecule has 2 N–H and O–H groups in total. The van der Waals surface area contributed by atoms with Gasteiger partial charge in [0.15, 0.2) is 0 Å². The summed E-state index contributed by atoms with van der Waals surface area (Å²) in [5, 5.41) is 13.5. The first kappa shape index (κ1) is 10.2. The van der Waals surface area contributed by atoms with E-state index in [0.29, 0.717) is 17.1 Å². The van der Waals surface area contributed by atoms with Gasteiger partial charge in [-0.05, 0) is 29.9 Å². The molecule has 2 nitrogen and oxygen atoms in total. The highest BCUT2D eigenvalue weighted by molar-refractivity contribution is 5.37. The smallest absolute Gasteiger partial charge is 0.119 e. The first-order valence-electron chi connectivity index (χ1n) is 6.30. The summed E-state index contributed by atoms with van der Waals surface area (Å²) in [5.74, 6) is 0.985. The lowest BCUT2D eigenvalue weighted by Gasteiger charge is -2.30. The van der Waals surface area contributed by atoms with Crippen LogP contribution in [0.25, 0.3) is 0 Å². The molecule has 1 atom stereocenters. The molecule has 2 aliphatic rings. The average Bonchev–Trinajstić information content (AvgIpc) is 2.91. The molecule has 0 radical (unpaired) electrons. The second-order valence-corrected chi connectivity index (χ2v) is 5.31. The number of hydrogen-bond acceptors (Lipinski definition) is 2. The van der Waals surface area contributed by atoms with Crippen LogP contribution in [0.1, 0.15) is 37.2 Å². The van der Waals surface area contributed by atoms with E-state index in [9.17, 15) is 5.11 Å². The van der Waals surface area contributed by atoms with Crippen molar-refractivity contribution in [3.8, 4) is 5.75 Å². The second kappa shape index (κ2) is 3.77. The van der Waals surface area contributed by atoms with E-state index < -0.39 is 0 Å². The van der Waals surface area contributed by atoms with Crippen molar-refractivity contribution in [3.05, 3.63) is 29.8 Å². The third-order valence-electron chi connectivity index (χ3n) is 4.48. The Hall–Kier alpha value is -1.02. The van der Waals surface area contributed by atoms with Gasteiger partial charge < -0.3 is 10.4 Å². The van der Waals surface area contributed by atoms with Gasteiger partial charge in [-0.25, -0.2) is 0 Å². The van der Waals surface area contributed by atoms with E-state index in [1.54, 1.807) is 0 Å². The summed E-state index contributed by atoms with van der Waals surface area (Å²) < 4.78 is 0. The summed E-state index contributed by atoms with van der Waals surface area (Å²) in [4.78, 5) is 0. The number of nitrogens with one attached hydrogen (secondary N) is 1. The fourth-order valence-corrected chi connectivity index (χ4v) is 3.63. The standard InChI is InChI=1S/C14H19NO/c16-13-6-2-1-5-11(13)12-9-15-10-14(12)7-3-4-8-14/h1-2,5-6,12,15-16H,3-4,7-10H2. The van der Waals surface area contributed by atoms with Crippen molar-refractivity contribution in [2.75, 3.05) is 13.1 Å². The van der Waals surface area contributed by atoms with Crippen LogP contribution in [-0.2, 0) is 0 Å². The summed E-state index contributed by atoms with van der Waals surface area (Å²) >= 11 is 0.